The van der Waals surface area contributed by atoms with Gasteiger partial charge < -0.3 is 10.4 Å². The quantitative estimate of drug-likeness (QED) is 0.781. The van der Waals surface area contributed by atoms with Gasteiger partial charge in [-0.15, -0.1) is 0 Å². The lowest BCUT2D eigenvalue weighted by atomic mass is 9.92. The van der Waals surface area contributed by atoms with Gasteiger partial charge in [0, 0.05) is 12.1 Å². The molecule has 3 unspecified atom stereocenters. The van der Waals surface area contributed by atoms with E-state index in [4.69, 9.17) is 5.14 Å². The number of primary sulfonamides is 1. The van der Waals surface area contributed by atoms with Crippen LogP contribution in [0.25, 0.3) is 0 Å². The molecule has 1 saturated carbocycles. The van der Waals surface area contributed by atoms with Crippen LogP contribution in [0.1, 0.15) is 44.2 Å². The average molecular weight is 298 g/mol. The maximum absolute atomic E-state index is 11.4. The molecule has 1 aromatic rings. The normalized spacial score (nSPS) is 25.4. The molecular formula is C14H22N2O3S. The Labute approximate surface area is 120 Å². The molecule has 0 bridgehead atoms. The molecule has 3 atom stereocenters. The van der Waals surface area contributed by atoms with Crippen molar-refractivity contribution in [2.75, 3.05) is 0 Å². The van der Waals surface area contributed by atoms with Crippen molar-refractivity contribution in [3.63, 3.8) is 0 Å². The lowest BCUT2D eigenvalue weighted by molar-refractivity contribution is 0.109. The topological polar surface area (TPSA) is 92.4 Å². The monoisotopic (exact) mass is 298 g/mol. The molecule has 2 rings (SSSR count). The maximum atomic E-state index is 11.4. The molecule has 1 aliphatic rings. The van der Waals surface area contributed by atoms with Gasteiger partial charge in [0.25, 0.3) is 0 Å². The number of sulfonamides is 1. The minimum Gasteiger partial charge on any atom is -0.393 e. The van der Waals surface area contributed by atoms with Crippen molar-refractivity contribution in [2.45, 2.75) is 55.7 Å². The molecule has 0 radical (unpaired) electrons. The second kappa shape index (κ2) is 6.22. The third kappa shape index (κ3) is 4.02. The number of hydrogen-bond donors (Lipinski definition) is 3. The molecular weight excluding hydrogens is 276 g/mol. The Hall–Kier alpha value is -0.950. The number of aliphatic hydroxyl groups is 1. The largest absolute Gasteiger partial charge is 0.393 e. The van der Waals surface area contributed by atoms with Crippen LogP contribution in [0.2, 0.25) is 0 Å². The van der Waals surface area contributed by atoms with Gasteiger partial charge in [-0.3, -0.25) is 0 Å². The van der Waals surface area contributed by atoms with Crippen molar-refractivity contribution in [1.29, 1.82) is 0 Å². The molecule has 1 fully saturated rings. The first-order valence-electron chi connectivity index (χ1n) is 6.93. The first-order chi connectivity index (χ1) is 9.36. The van der Waals surface area contributed by atoms with Gasteiger partial charge in [-0.25, -0.2) is 13.6 Å². The van der Waals surface area contributed by atoms with Crippen LogP contribution in [0.15, 0.2) is 29.2 Å². The molecule has 0 spiro atoms. The predicted molar refractivity (Wildman–Crippen MR) is 77.6 cm³/mol. The highest BCUT2D eigenvalue weighted by Gasteiger charge is 2.22. The van der Waals surface area contributed by atoms with Gasteiger partial charge in [0.1, 0.15) is 0 Å². The van der Waals surface area contributed by atoms with E-state index >= 15 is 0 Å². The third-order valence-corrected chi connectivity index (χ3v) is 4.73. The fourth-order valence-electron chi connectivity index (χ4n) is 2.73. The Balaban J connectivity index is 2.07. The summed E-state index contributed by atoms with van der Waals surface area (Å²) in [5.41, 5.74) is 0.886. The van der Waals surface area contributed by atoms with Crippen LogP contribution in [0, 0.1) is 0 Å². The van der Waals surface area contributed by atoms with E-state index in [0.717, 1.165) is 31.2 Å². The molecule has 4 N–H and O–H groups in total. The highest BCUT2D eigenvalue weighted by molar-refractivity contribution is 7.89. The van der Waals surface area contributed by atoms with Crippen molar-refractivity contribution in [3.8, 4) is 0 Å². The van der Waals surface area contributed by atoms with Crippen molar-refractivity contribution in [2.24, 2.45) is 5.14 Å². The Bertz CT molecular complexity index is 559. The summed E-state index contributed by atoms with van der Waals surface area (Å²) >= 11 is 0. The van der Waals surface area contributed by atoms with Crippen LogP contribution in [0.4, 0.5) is 0 Å². The first kappa shape index (κ1) is 15.4. The number of aliphatic hydroxyl groups excluding tert-OH is 1. The average Bonchev–Trinajstić information content (AvgIpc) is 2.38. The van der Waals surface area contributed by atoms with Crippen LogP contribution in [0.3, 0.4) is 0 Å². The molecule has 0 saturated heterocycles. The van der Waals surface area contributed by atoms with Gasteiger partial charge in [0.05, 0.1) is 11.0 Å². The van der Waals surface area contributed by atoms with Gasteiger partial charge in [-0.2, -0.15) is 0 Å². The summed E-state index contributed by atoms with van der Waals surface area (Å²) in [6, 6.07) is 6.97. The van der Waals surface area contributed by atoms with Crippen molar-refractivity contribution in [3.05, 3.63) is 29.8 Å². The number of hydrogen-bond acceptors (Lipinski definition) is 4. The molecule has 0 heterocycles. The van der Waals surface area contributed by atoms with Gasteiger partial charge in [-0.1, -0.05) is 12.1 Å². The summed E-state index contributed by atoms with van der Waals surface area (Å²) in [6.45, 7) is 1.99. The van der Waals surface area contributed by atoms with E-state index in [0.29, 0.717) is 0 Å². The van der Waals surface area contributed by atoms with Crippen LogP contribution in [-0.2, 0) is 10.0 Å². The molecule has 5 nitrogen and oxygen atoms in total. The second-order valence-corrected chi connectivity index (χ2v) is 7.08. The summed E-state index contributed by atoms with van der Waals surface area (Å²) in [6.07, 6.45) is 3.44. The fraction of sp³-hybridized carbons (Fsp3) is 0.571. The SMILES string of the molecule is CC(NC1CCCC(O)C1)c1cccc(S(N)(=O)=O)c1. The molecule has 6 heteroatoms. The molecule has 0 aliphatic heterocycles. The van der Waals surface area contributed by atoms with Crippen LogP contribution >= 0.6 is 0 Å². The zero-order chi connectivity index (χ0) is 14.8. The van der Waals surface area contributed by atoms with Crippen LogP contribution in [0.5, 0.6) is 0 Å². The van der Waals surface area contributed by atoms with Gasteiger partial charge in [-0.05, 0) is 50.3 Å². The highest BCUT2D eigenvalue weighted by Crippen LogP contribution is 2.23. The van der Waals surface area contributed by atoms with Gasteiger partial charge in [0.2, 0.25) is 10.0 Å². The third-order valence-electron chi connectivity index (χ3n) is 3.82. The van der Waals surface area contributed by atoms with Crippen LogP contribution in [-0.4, -0.2) is 25.7 Å². The highest BCUT2D eigenvalue weighted by atomic mass is 32.2. The number of benzene rings is 1. The van der Waals surface area contributed by atoms with E-state index in [1.165, 1.54) is 6.07 Å². The van der Waals surface area contributed by atoms with E-state index in [2.05, 4.69) is 5.32 Å². The Morgan fingerprint density at radius 3 is 2.80 bits per heavy atom. The van der Waals surface area contributed by atoms with Crippen molar-refractivity contribution >= 4 is 10.0 Å². The number of nitrogens with one attached hydrogen (secondary N) is 1. The van der Waals surface area contributed by atoms with Crippen LogP contribution < -0.4 is 10.5 Å². The summed E-state index contributed by atoms with van der Waals surface area (Å²) in [7, 11) is -3.67. The number of nitrogens with two attached hydrogens (primary N) is 1. The zero-order valence-corrected chi connectivity index (χ0v) is 12.4. The second-order valence-electron chi connectivity index (χ2n) is 5.52. The first-order valence-corrected chi connectivity index (χ1v) is 8.48. The lowest BCUT2D eigenvalue weighted by Gasteiger charge is -2.29. The molecule has 1 aliphatic carbocycles. The summed E-state index contributed by atoms with van der Waals surface area (Å²) in [4.78, 5) is 0.132. The Kier molecular flexibility index (Phi) is 4.80. The summed E-state index contributed by atoms with van der Waals surface area (Å²) in [5.74, 6) is 0. The molecule has 0 amide bonds. The standard InChI is InChI=1S/C14H22N2O3S/c1-10(16-12-5-3-6-13(17)9-12)11-4-2-7-14(8-11)20(15,18)19/h2,4,7-8,10,12-13,16-17H,3,5-6,9H2,1H3,(H2,15,18,19). The van der Waals surface area contributed by atoms with E-state index < -0.39 is 10.0 Å². The van der Waals surface area contributed by atoms with Gasteiger partial charge >= 0.3 is 0 Å². The van der Waals surface area contributed by atoms with E-state index in [1.54, 1.807) is 12.1 Å². The molecule has 112 valence electrons. The minimum absolute atomic E-state index is 0.0204. The van der Waals surface area contributed by atoms with E-state index in [-0.39, 0.29) is 23.1 Å². The predicted octanol–water partition coefficient (Wildman–Crippen LogP) is 1.29. The molecule has 1 aromatic carbocycles. The maximum Gasteiger partial charge on any atom is 0.238 e. The molecule has 20 heavy (non-hydrogen) atoms. The Morgan fingerprint density at radius 2 is 2.15 bits per heavy atom. The smallest absolute Gasteiger partial charge is 0.238 e. The lowest BCUT2D eigenvalue weighted by Crippen LogP contribution is -2.37. The fourth-order valence-corrected chi connectivity index (χ4v) is 3.29. The summed E-state index contributed by atoms with van der Waals surface area (Å²) < 4.78 is 22.7. The zero-order valence-electron chi connectivity index (χ0n) is 11.6. The summed E-state index contributed by atoms with van der Waals surface area (Å²) in [5, 5.41) is 18.3. The van der Waals surface area contributed by atoms with E-state index in [9.17, 15) is 13.5 Å². The van der Waals surface area contributed by atoms with Crippen molar-refractivity contribution < 1.29 is 13.5 Å². The molecule has 0 aromatic heterocycles. The van der Waals surface area contributed by atoms with Gasteiger partial charge in [0.15, 0.2) is 0 Å². The minimum atomic E-state index is -3.67. The Morgan fingerprint density at radius 1 is 1.40 bits per heavy atom. The van der Waals surface area contributed by atoms with E-state index in [1.807, 2.05) is 13.0 Å². The number of rotatable bonds is 4. The van der Waals surface area contributed by atoms with Crippen molar-refractivity contribution in [1.82, 2.24) is 5.32 Å².